The average Bonchev–Trinajstić information content (AvgIpc) is 2.80. The highest BCUT2D eigenvalue weighted by Gasteiger charge is 2.20. The molecule has 0 saturated carbocycles. The number of hydrogen-bond acceptors (Lipinski definition) is 2. The van der Waals surface area contributed by atoms with Crippen LogP contribution < -0.4 is 11.1 Å². The molecule has 0 spiro atoms. The van der Waals surface area contributed by atoms with Gasteiger partial charge in [-0.1, -0.05) is 60.7 Å². The summed E-state index contributed by atoms with van der Waals surface area (Å²) in [5.41, 5.74) is 12.6. The van der Waals surface area contributed by atoms with Gasteiger partial charge in [0.05, 0.1) is 0 Å². The fraction of sp³-hybridized carbons (Fsp3) is 0.0455. The quantitative estimate of drug-likeness (QED) is 0.794. The van der Waals surface area contributed by atoms with Crippen LogP contribution in [0.4, 0.5) is 11.4 Å². The number of nitrogen functional groups attached to an aromatic ring is 1. The molecule has 3 heteroatoms. The highest BCUT2D eigenvalue weighted by molar-refractivity contribution is 6.06. The molecule has 0 radical (unpaired) electrons. The van der Waals surface area contributed by atoms with Gasteiger partial charge in [-0.2, -0.15) is 0 Å². The van der Waals surface area contributed by atoms with Crippen molar-refractivity contribution in [2.75, 3.05) is 11.1 Å². The van der Waals surface area contributed by atoms with Crippen LogP contribution in [0, 0.1) is 0 Å². The topological polar surface area (TPSA) is 55.1 Å². The van der Waals surface area contributed by atoms with Gasteiger partial charge < -0.3 is 11.1 Å². The summed E-state index contributed by atoms with van der Waals surface area (Å²) in [6.45, 7) is 0. The van der Waals surface area contributed by atoms with Crippen molar-refractivity contribution in [3.63, 3.8) is 0 Å². The maximum atomic E-state index is 12.6. The van der Waals surface area contributed by atoms with Gasteiger partial charge in [-0.25, -0.2) is 0 Å². The SMILES string of the molecule is Nc1cccc(NC(=O)C2=CC=C3C(=CC=Cc4ccccc43)C2)c1. The van der Waals surface area contributed by atoms with Crippen LogP contribution in [0.1, 0.15) is 17.5 Å². The second-order valence-electron chi connectivity index (χ2n) is 6.17. The van der Waals surface area contributed by atoms with E-state index in [1.54, 1.807) is 12.1 Å². The zero-order valence-corrected chi connectivity index (χ0v) is 13.7. The van der Waals surface area contributed by atoms with Gasteiger partial charge in [-0.05, 0) is 40.5 Å². The Bertz CT molecular complexity index is 977. The van der Waals surface area contributed by atoms with E-state index < -0.39 is 0 Å². The molecule has 2 aromatic carbocycles. The number of amides is 1. The normalized spacial score (nSPS) is 15.1. The Kier molecular flexibility index (Phi) is 3.82. The number of benzene rings is 2. The minimum atomic E-state index is -0.0942. The lowest BCUT2D eigenvalue weighted by molar-refractivity contribution is -0.112. The molecular weight excluding hydrogens is 308 g/mol. The zero-order chi connectivity index (χ0) is 17.2. The molecule has 0 saturated heterocycles. The highest BCUT2D eigenvalue weighted by Crippen LogP contribution is 2.36. The average molecular weight is 326 g/mol. The minimum absolute atomic E-state index is 0.0942. The molecule has 122 valence electrons. The second-order valence-corrected chi connectivity index (χ2v) is 6.17. The number of fused-ring (bicyclic) bond motifs is 3. The number of nitrogens with one attached hydrogen (secondary N) is 1. The smallest absolute Gasteiger partial charge is 0.251 e. The fourth-order valence-electron chi connectivity index (χ4n) is 3.20. The monoisotopic (exact) mass is 326 g/mol. The van der Waals surface area contributed by atoms with Crippen LogP contribution in [0.2, 0.25) is 0 Å². The summed E-state index contributed by atoms with van der Waals surface area (Å²) >= 11 is 0. The molecule has 2 aromatic rings. The van der Waals surface area contributed by atoms with Crippen LogP contribution in [0.3, 0.4) is 0 Å². The molecule has 0 atom stereocenters. The van der Waals surface area contributed by atoms with Crippen LogP contribution in [-0.2, 0) is 4.79 Å². The molecule has 3 N–H and O–H groups in total. The van der Waals surface area contributed by atoms with Gasteiger partial charge in [0.15, 0.2) is 0 Å². The number of nitrogens with two attached hydrogens (primary N) is 1. The lowest BCUT2D eigenvalue weighted by Gasteiger charge is -2.19. The van der Waals surface area contributed by atoms with Gasteiger partial charge in [0.2, 0.25) is 0 Å². The molecule has 25 heavy (non-hydrogen) atoms. The van der Waals surface area contributed by atoms with E-state index in [-0.39, 0.29) is 5.91 Å². The Labute approximate surface area is 146 Å². The van der Waals surface area contributed by atoms with Gasteiger partial charge in [0, 0.05) is 23.4 Å². The largest absolute Gasteiger partial charge is 0.399 e. The lowest BCUT2D eigenvalue weighted by atomic mass is 9.87. The Morgan fingerprint density at radius 2 is 1.88 bits per heavy atom. The predicted octanol–water partition coefficient (Wildman–Crippen LogP) is 4.57. The first-order chi connectivity index (χ1) is 12.2. The minimum Gasteiger partial charge on any atom is -0.399 e. The van der Waals surface area contributed by atoms with Crippen molar-refractivity contribution in [1.82, 2.24) is 0 Å². The van der Waals surface area contributed by atoms with Crippen LogP contribution in [0.25, 0.3) is 11.6 Å². The fourth-order valence-corrected chi connectivity index (χ4v) is 3.20. The number of allylic oxidation sites excluding steroid dienone is 6. The third-order valence-corrected chi connectivity index (χ3v) is 4.44. The standard InChI is InChI=1S/C22H18N2O/c23-18-8-4-9-19(14-18)24-22(25)17-11-12-21-16(13-17)7-3-6-15-5-1-2-10-20(15)21/h1-12,14H,13,23H2,(H,24,25). The van der Waals surface area contributed by atoms with Gasteiger partial charge in [0.25, 0.3) is 5.91 Å². The number of carbonyl (C=O) groups is 1. The van der Waals surface area contributed by atoms with E-state index in [9.17, 15) is 4.79 Å². The summed E-state index contributed by atoms with van der Waals surface area (Å²) in [5.74, 6) is -0.0942. The molecule has 1 amide bonds. The summed E-state index contributed by atoms with van der Waals surface area (Å²) in [7, 11) is 0. The molecule has 3 nitrogen and oxygen atoms in total. The van der Waals surface area contributed by atoms with Gasteiger partial charge in [-0.3, -0.25) is 4.79 Å². The van der Waals surface area contributed by atoms with Crippen molar-refractivity contribution in [3.8, 4) is 0 Å². The number of rotatable bonds is 2. The van der Waals surface area contributed by atoms with E-state index in [4.69, 9.17) is 5.73 Å². The van der Waals surface area contributed by atoms with Crippen molar-refractivity contribution in [1.29, 1.82) is 0 Å². The number of hydrogen-bond donors (Lipinski definition) is 2. The zero-order valence-electron chi connectivity index (χ0n) is 13.7. The van der Waals surface area contributed by atoms with Crippen molar-refractivity contribution in [2.45, 2.75) is 6.42 Å². The van der Waals surface area contributed by atoms with E-state index in [2.05, 4.69) is 29.6 Å². The number of carbonyl (C=O) groups excluding carboxylic acids is 1. The van der Waals surface area contributed by atoms with Gasteiger partial charge in [-0.15, -0.1) is 0 Å². The molecule has 0 bridgehead atoms. The van der Waals surface area contributed by atoms with Crippen LogP contribution >= 0.6 is 0 Å². The Hall–Kier alpha value is -3.33. The second kappa shape index (κ2) is 6.29. The first kappa shape index (κ1) is 15.2. The van der Waals surface area contributed by atoms with Crippen LogP contribution in [0.5, 0.6) is 0 Å². The summed E-state index contributed by atoms with van der Waals surface area (Å²) < 4.78 is 0. The first-order valence-electron chi connectivity index (χ1n) is 8.25. The predicted molar refractivity (Wildman–Crippen MR) is 104 cm³/mol. The molecular formula is C22H18N2O. The first-order valence-corrected chi connectivity index (χ1v) is 8.25. The molecule has 0 aromatic heterocycles. The highest BCUT2D eigenvalue weighted by atomic mass is 16.1. The summed E-state index contributed by atoms with van der Waals surface area (Å²) in [5, 5.41) is 2.92. The van der Waals surface area contributed by atoms with Crippen molar-refractivity contribution < 1.29 is 4.79 Å². The Morgan fingerprint density at radius 3 is 2.76 bits per heavy atom. The van der Waals surface area contributed by atoms with E-state index in [0.29, 0.717) is 17.8 Å². The number of anilines is 2. The molecule has 0 fully saturated rings. The van der Waals surface area contributed by atoms with Gasteiger partial charge >= 0.3 is 0 Å². The lowest BCUT2D eigenvalue weighted by Crippen LogP contribution is -2.16. The van der Waals surface area contributed by atoms with Gasteiger partial charge in [0.1, 0.15) is 0 Å². The van der Waals surface area contributed by atoms with E-state index >= 15 is 0 Å². The van der Waals surface area contributed by atoms with E-state index in [1.165, 1.54) is 16.7 Å². The van der Waals surface area contributed by atoms with Crippen LogP contribution in [-0.4, -0.2) is 5.91 Å². The van der Waals surface area contributed by atoms with E-state index in [0.717, 1.165) is 11.1 Å². The van der Waals surface area contributed by atoms with Crippen LogP contribution in [0.15, 0.2) is 84.0 Å². The summed E-state index contributed by atoms with van der Waals surface area (Å²) in [6.07, 6.45) is 10.8. The third kappa shape index (κ3) is 3.04. The third-order valence-electron chi connectivity index (χ3n) is 4.44. The maximum absolute atomic E-state index is 12.6. The maximum Gasteiger partial charge on any atom is 0.251 e. The summed E-state index contributed by atoms with van der Waals surface area (Å²) in [4.78, 5) is 12.6. The Morgan fingerprint density at radius 1 is 1.00 bits per heavy atom. The molecule has 0 aliphatic heterocycles. The van der Waals surface area contributed by atoms with Crippen molar-refractivity contribution in [3.05, 3.63) is 95.1 Å². The molecule has 2 aliphatic carbocycles. The molecule has 0 unspecified atom stereocenters. The van der Waals surface area contributed by atoms with Crippen molar-refractivity contribution in [2.24, 2.45) is 0 Å². The Balaban J connectivity index is 1.63. The van der Waals surface area contributed by atoms with E-state index in [1.807, 2.05) is 42.5 Å². The summed E-state index contributed by atoms with van der Waals surface area (Å²) in [6, 6.07) is 15.5. The van der Waals surface area contributed by atoms with Crippen molar-refractivity contribution >= 4 is 28.9 Å². The molecule has 0 heterocycles. The molecule has 4 rings (SSSR count). The molecule has 2 aliphatic rings.